The summed E-state index contributed by atoms with van der Waals surface area (Å²) in [6, 6.07) is 5.19. The Morgan fingerprint density at radius 1 is 1.36 bits per heavy atom. The highest BCUT2D eigenvalue weighted by Crippen LogP contribution is 2.36. The van der Waals surface area contributed by atoms with E-state index in [2.05, 4.69) is 37.6 Å². The maximum absolute atomic E-state index is 13.1. The summed E-state index contributed by atoms with van der Waals surface area (Å²) in [6.45, 7) is 4.11. The molecule has 1 N–H and O–H groups in total. The first-order chi connectivity index (χ1) is 10.2. The number of aliphatic imine (C=N–C) groups is 2. The van der Waals surface area contributed by atoms with E-state index in [4.69, 9.17) is 11.6 Å². The Balaban J connectivity index is 2.75. The van der Waals surface area contributed by atoms with Gasteiger partial charge in [-0.3, -0.25) is 0 Å². The topological polar surface area (TPSA) is 40.5 Å². The van der Waals surface area contributed by atoms with Crippen molar-refractivity contribution in [2.24, 2.45) is 9.98 Å². The van der Waals surface area contributed by atoms with Crippen LogP contribution in [0, 0.1) is 0 Å². The number of nitrogens with one attached hydrogen (secondary N) is 1. The van der Waals surface area contributed by atoms with E-state index in [1.165, 1.54) is 6.20 Å². The number of hydrogen-bond acceptors (Lipinski definition) is 1. The van der Waals surface area contributed by atoms with Gasteiger partial charge in [0, 0.05) is 27.1 Å². The van der Waals surface area contributed by atoms with Crippen LogP contribution in [0.3, 0.4) is 0 Å². The molecule has 0 amide bonds. The summed E-state index contributed by atoms with van der Waals surface area (Å²) in [5.41, 5.74) is -0.189. The average Bonchev–Trinajstić information content (AvgIpc) is 2.85. The molecule has 0 bridgehead atoms. The van der Waals surface area contributed by atoms with Crippen LogP contribution in [-0.4, -0.2) is 23.2 Å². The summed E-state index contributed by atoms with van der Waals surface area (Å²) in [5, 5.41) is 0.240. The van der Waals surface area contributed by atoms with E-state index in [0.29, 0.717) is 16.5 Å². The van der Waals surface area contributed by atoms with Crippen molar-refractivity contribution in [3.8, 4) is 0 Å². The minimum atomic E-state index is -4.53. The predicted octanol–water partition coefficient (Wildman–Crippen LogP) is 5.52. The number of rotatable bonds is 2. The third-order valence-corrected chi connectivity index (χ3v) is 3.71. The minimum absolute atomic E-state index is 0.291. The lowest BCUT2D eigenvalue weighted by atomic mass is 10.1. The lowest BCUT2D eigenvalue weighted by molar-refractivity contribution is -0.0907. The summed E-state index contributed by atoms with van der Waals surface area (Å²) in [5.74, 6) is 0. The van der Waals surface area contributed by atoms with Gasteiger partial charge in [0.2, 0.25) is 5.29 Å². The minimum Gasteiger partial charge on any atom is -0.360 e. The van der Waals surface area contributed by atoms with E-state index >= 15 is 0 Å². The van der Waals surface area contributed by atoms with Crippen LogP contribution in [0.15, 0.2) is 44.4 Å². The number of halogens is 5. The Morgan fingerprint density at radius 3 is 2.64 bits per heavy atom. The first kappa shape index (κ1) is 16.8. The molecule has 116 valence electrons. The summed E-state index contributed by atoms with van der Waals surface area (Å²) in [4.78, 5) is 10.0. The maximum atomic E-state index is 13.1. The number of benzene rings is 1. The molecule has 0 unspecified atom stereocenters. The van der Waals surface area contributed by atoms with Crippen molar-refractivity contribution in [3.63, 3.8) is 0 Å². The first-order valence-electron chi connectivity index (χ1n) is 6.00. The van der Waals surface area contributed by atoms with Crippen molar-refractivity contribution in [1.29, 1.82) is 0 Å². The molecule has 0 radical (unpaired) electrons. The quantitative estimate of drug-likeness (QED) is 0.397. The van der Waals surface area contributed by atoms with Crippen LogP contribution in [0.2, 0.25) is 0 Å². The number of fused-ring (bicyclic) bond motifs is 1. The molecule has 0 fully saturated rings. The number of aromatic nitrogens is 1. The van der Waals surface area contributed by atoms with Crippen molar-refractivity contribution in [3.05, 3.63) is 40.0 Å². The van der Waals surface area contributed by atoms with Gasteiger partial charge >= 0.3 is 6.18 Å². The van der Waals surface area contributed by atoms with Gasteiger partial charge in [0.1, 0.15) is 0 Å². The van der Waals surface area contributed by atoms with Gasteiger partial charge in [0.25, 0.3) is 0 Å². The Hall–Kier alpha value is -1.60. The highest BCUT2D eigenvalue weighted by molar-refractivity contribution is 9.10. The number of alkyl halides is 3. The molecule has 0 aliphatic heterocycles. The summed E-state index contributed by atoms with van der Waals surface area (Å²) >= 11 is 8.96. The molecule has 2 rings (SSSR count). The van der Waals surface area contributed by atoms with Crippen molar-refractivity contribution in [2.45, 2.75) is 13.1 Å². The molecule has 8 heteroatoms. The van der Waals surface area contributed by atoms with E-state index in [1.54, 1.807) is 18.2 Å². The fraction of sp³-hybridized carbons (Fsp3) is 0.143. The second-order valence-electron chi connectivity index (χ2n) is 4.40. The number of aromatic amines is 1. The summed E-state index contributed by atoms with van der Waals surface area (Å²) in [7, 11) is 0. The number of H-pyrrole nitrogens is 1. The third kappa shape index (κ3) is 3.41. The zero-order valence-electron chi connectivity index (χ0n) is 11.3. The maximum Gasteiger partial charge on any atom is 0.414 e. The Bertz CT molecular complexity index is 790. The van der Waals surface area contributed by atoms with Crippen molar-refractivity contribution < 1.29 is 13.2 Å². The molecule has 0 saturated heterocycles. The van der Waals surface area contributed by atoms with Crippen LogP contribution in [0.5, 0.6) is 0 Å². The number of hydrogen-bond donors (Lipinski definition) is 1. The molecule has 1 aromatic carbocycles. The molecule has 2 aromatic rings. The Labute approximate surface area is 137 Å². The zero-order chi connectivity index (χ0) is 16.5. The summed E-state index contributed by atoms with van der Waals surface area (Å²) < 4.78 is 40.0. The molecule has 3 nitrogen and oxygen atoms in total. The van der Waals surface area contributed by atoms with Crippen molar-refractivity contribution in [1.82, 2.24) is 4.98 Å². The highest BCUT2D eigenvalue weighted by atomic mass is 79.9. The Kier molecular flexibility index (Phi) is 4.77. The number of nitrogens with zero attached hydrogens (tertiary/aromatic N) is 2. The molecule has 0 aliphatic carbocycles. The van der Waals surface area contributed by atoms with E-state index in [1.807, 2.05) is 0 Å². The molecule has 0 aliphatic rings. The van der Waals surface area contributed by atoms with Gasteiger partial charge < -0.3 is 4.98 Å². The molecule has 1 heterocycles. The molecular formula is C14H10BrClF3N3. The lowest BCUT2D eigenvalue weighted by Crippen LogP contribution is -2.11. The molecule has 22 heavy (non-hydrogen) atoms. The zero-order valence-corrected chi connectivity index (χ0v) is 13.6. The van der Waals surface area contributed by atoms with Gasteiger partial charge in [-0.15, -0.1) is 0 Å². The number of amidine groups is 1. The van der Waals surface area contributed by atoms with E-state index in [0.717, 1.165) is 11.4 Å². The molecular weight excluding hydrogens is 383 g/mol. The summed E-state index contributed by atoms with van der Waals surface area (Å²) in [6.07, 6.45) is -3.07. The second-order valence-corrected chi connectivity index (χ2v) is 5.66. The smallest absolute Gasteiger partial charge is 0.360 e. The first-order valence-corrected chi connectivity index (χ1v) is 7.17. The Morgan fingerprint density at radius 2 is 2.05 bits per heavy atom. The van der Waals surface area contributed by atoms with Gasteiger partial charge in [-0.05, 0) is 37.4 Å². The molecule has 0 saturated carbocycles. The average molecular weight is 393 g/mol. The predicted molar refractivity (Wildman–Crippen MR) is 87.5 cm³/mol. The van der Waals surface area contributed by atoms with Crippen LogP contribution in [0.25, 0.3) is 16.6 Å². The monoisotopic (exact) mass is 391 g/mol. The fourth-order valence-corrected chi connectivity index (χ4v) is 2.35. The second kappa shape index (κ2) is 6.26. The SMILES string of the molecule is C=NC(Cl)=N/C(=C(\C)C(F)(F)F)c1c[nH]c2cc(Br)ccc12. The fourth-order valence-electron chi connectivity index (χ4n) is 1.90. The van der Waals surface area contributed by atoms with Gasteiger partial charge in [0.05, 0.1) is 11.3 Å². The third-order valence-electron chi connectivity index (χ3n) is 3.01. The van der Waals surface area contributed by atoms with Crippen molar-refractivity contribution in [2.75, 3.05) is 0 Å². The molecule has 1 aromatic heterocycles. The van der Waals surface area contributed by atoms with Gasteiger partial charge in [-0.25, -0.2) is 9.98 Å². The lowest BCUT2D eigenvalue weighted by Gasteiger charge is -2.11. The molecule has 0 spiro atoms. The largest absolute Gasteiger partial charge is 0.414 e. The van der Waals surface area contributed by atoms with Crippen LogP contribution >= 0.6 is 27.5 Å². The number of allylic oxidation sites excluding steroid dienone is 1. The van der Waals surface area contributed by atoms with Crippen LogP contribution < -0.4 is 0 Å². The van der Waals surface area contributed by atoms with Gasteiger partial charge in [0.15, 0.2) is 0 Å². The highest BCUT2D eigenvalue weighted by Gasteiger charge is 2.34. The van der Waals surface area contributed by atoms with Crippen LogP contribution in [0.1, 0.15) is 12.5 Å². The normalized spacial score (nSPS) is 14.2. The van der Waals surface area contributed by atoms with Gasteiger partial charge in [-0.2, -0.15) is 13.2 Å². The molecule has 0 atom stereocenters. The van der Waals surface area contributed by atoms with Crippen LogP contribution in [0.4, 0.5) is 13.2 Å². The van der Waals surface area contributed by atoms with E-state index in [9.17, 15) is 13.2 Å². The van der Waals surface area contributed by atoms with E-state index < -0.39 is 11.7 Å². The van der Waals surface area contributed by atoms with Crippen molar-refractivity contribution >= 4 is 56.1 Å². The van der Waals surface area contributed by atoms with E-state index in [-0.39, 0.29) is 11.0 Å². The van der Waals surface area contributed by atoms with Gasteiger partial charge in [-0.1, -0.05) is 22.0 Å². The van der Waals surface area contributed by atoms with Crippen LogP contribution in [-0.2, 0) is 0 Å². The standard InChI is InChI=1S/C14H10BrClF3N3/c1-7(14(17,18)19)12(22-13(16)20-2)10-6-21-11-5-8(15)3-4-9(10)11/h3-6,21H,2H2,1H3/b12-7+,22-13?.